The normalized spacial score (nSPS) is 30.1. The number of aromatic hydroxyl groups is 1. The van der Waals surface area contributed by atoms with Gasteiger partial charge in [-0.3, -0.25) is 9.59 Å². The molecule has 0 aliphatic heterocycles. The van der Waals surface area contributed by atoms with E-state index in [0.29, 0.717) is 26.9 Å². The van der Waals surface area contributed by atoms with Gasteiger partial charge in [0.15, 0.2) is 23.1 Å². The second-order valence-corrected chi connectivity index (χ2v) is 9.20. The SMILES string of the molecule is C=CC1=CC[C@@]2(C)C(=O)C(C)=C(C)C(=O)[C@@]2(C)[C@H]1c1cc(I)c(O)c(OC)c1. The predicted molar refractivity (Wildman–Crippen MR) is 118 cm³/mol. The monoisotopic (exact) mass is 492 g/mol. The molecule has 1 N–H and O–H groups in total. The minimum atomic E-state index is -0.961. The zero-order chi connectivity index (χ0) is 21.0. The highest BCUT2D eigenvalue weighted by Gasteiger charge is 2.63. The maximum Gasteiger partial charge on any atom is 0.171 e. The zero-order valence-corrected chi connectivity index (χ0v) is 19.0. The molecule has 2 aliphatic carbocycles. The lowest BCUT2D eigenvalue weighted by molar-refractivity contribution is -0.147. The molecule has 3 atom stereocenters. The number of methoxy groups -OCH3 is 1. The fourth-order valence-corrected chi connectivity index (χ4v) is 5.43. The van der Waals surface area contributed by atoms with Crippen LogP contribution in [-0.4, -0.2) is 23.8 Å². The number of ketones is 2. The van der Waals surface area contributed by atoms with E-state index in [1.807, 2.05) is 26.0 Å². The Morgan fingerprint density at radius 3 is 2.39 bits per heavy atom. The van der Waals surface area contributed by atoms with Crippen LogP contribution in [0, 0.1) is 14.4 Å². The van der Waals surface area contributed by atoms with Crippen LogP contribution in [0.25, 0.3) is 0 Å². The number of phenolic OH excluding ortho intramolecular Hbond substituents is 1. The van der Waals surface area contributed by atoms with Crippen molar-refractivity contribution in [3.63, 3.8) is 0 Å². The molecule has 3 rings (SSSR count). The fraction of sp³-hybridized carbons (Fsp3) is 0.391. The Hall–Kier alpha value is -1.89. The standard InChI is InChI=1S/C23H25IO4/c1-7-14-8-9-22(4)20(26)12(2)13(3)21(27)23(22,5)18(14)15-10-16(24)19(25)17(11-15)28-6/h7-8,10-11,18,25H,1,9H2,2-6H3/t18-,22+,23-/m1/s1. The van der Waals surface area contributed by atoms with Crippen molar-refractivity contribution in [2.24, 2.45) is 10.8 Å². The molecule has 148 valence electrons. The van der Waals surface area contributed by atoms with Crippen LogP contribution in [-0.2, 0) is 9.59 Å². The summed E-state index contributed by atoms with van der Waals surface area (Å²) >= 11 is 2.05. The molecule has 4 nitrogen and oxygen atoms in total. The van der Waals surface area contributed by atoms with Crippen molar-refractivity contribution in [2.75, 3.05) is 7.11 Å². The van der Waals surface area contributed by atoms with Crippen LogP contribution in [0.1, 0.15) is 45.6 Å². The minimum Gasteiger partial charge on any atom is -0.504 e. The average Bonchev–Trinajstić information content (AvgIpc) is 2.68. The van der Waals surface area contributed by atoms with Crippen molar-refractivity contribution < 1.29 is 19.4 Å². The van der Waals surface area contributed by atoms with Crippen LogP contribution in [0.2, 0.25) is 0 Å². The molecule has 0 bridgehead atoms. The number of fused-ring (bicyclic) bond motifs is 1. The highest BCUT2D eigenvalue weighted by Crippen LogP contribution is 2.62. The summed E-state index contributed by atoms with van der Waals surface area (Å²) < 4.78 is 5.97. The topological polar surface area (TPSA) is 63.6 Å². The molecule has 0 fully saturated rings. The van der Waals surface area contributed by atoms with Gasteiger partial charge in [-0.25, -0.2) is 0 Å². The number of ether oxygens (including phenoxy) is 1. The van der Waals surface area contributed by atoms with Crippen molar-refractivity contribution in [2.45, 2.75) is 40.0 Å². The van der Waals surface area contributed by atoms with Gasteiger partial charge in [0.2, 0.25) is 0 Å². The van der Waals surface area contributed by atoms with E-state index in [4.69, 9.17) is 4.74 Å². The number of benzene rings is 1. The van der Waals surface area contributed by atoms with Crippen molar-refractivity contribution in [3.8, 4) is 11.5 Å². The number of carbonyl (C=O) groups is 2. The molecule has 2 aliphatic rings. The number of hydrogen-bond acceptors (Lipinski definition) is 4. The van der Waals surface area contributed by atoms with Crippen LogP contribution in [0.4, 0.5) is 0 Å². The van der Waals surface area contributed by atoms with E-state index >= 15 is 0 Å². The molecule has 0 heterocycles. The average molecular weight is 492 g/mol. The van der Waals surface area contributed by atoms with Gasteiger partial charge in [0, 0.05) is 11.3 Å². The van der Waals surface area contributed by atoms with Gasteiger partial charge in [-0.1, -0.05) is 32.6 Å². The third-order valence-corrected chi connectivity index (χ3v) is 7.68. The van der Waals surface area contributed by atoms with Gasteiger partial charge in [-0.15, -0.1) is 0 Å². The van der Waals surface area contributed by atoms with Crippen LogP contribution < -0.4 is 4.74 Å². The van der Waals surface area contributed by atoms with Crippen LogP contribution >= 0.6 is 22.6 Å². The van der Waals surface area contributed by atoms with Crippen molar-refractivity contribution in [1.82, 2.24) is 0 Å². The second kappa shape index (κ2) is 6.87. The smallest absolute Gasteiger partial charge is 0.171 e. The summed E-state index contributed by atoms with van der Waals surface area (Å²) in [6.45, 7) is 11.2. The third kappa shape index (κ3) is 2.55. The maximum atomic E-state index is 13.6. The van der Waals surface area contributed by atoms with E-state index in [9.17, 15) is 14.7 Å². The number of phenols is 1. The first-order valence-electron chi connectivity index (χ1n) is 9.20. The molecular weight excluding hydrogens is 467 g/mol. The highest BCUT2D eigenvalue weighted by atomic mass is 127. The lowest BCUT2D eigenvalue weighted by Gasteiger charge is -2.54. The van der Waals surface area contributed by atoms with Gasteiger partial charge in [0.1, 0.15) is 0 Å². The van der Waals surface area contributed by atoms with E-state index in [-0.39, 0.29) is 23.2 Å². The Morgan fingerprint density at radius 2 is 1.82 bits per heavy atom. The summed E-state index contributed by atoms with van der Waals surface area (Å²) in [5, 5.41) is 10.3. The van der Waals surface area contributed by atoms with Gasteiger partial charge < -0.3 is 9.84 Å². The predicted octanol–water partition coefficient (Wildman–Crippen LogP) is 5.11. The van der Waals surface area contributed by atoms with Crippen molar-refractivity contribution in [3.05, 3.63) is 56.7 Å². The Balaban J connectivity index is 2.36. The summed E-state index contributed by atoms with van der Waals surface area (Å²) in [4.78, 5) is 27.0. The lowest BCUT2D eigenvalue weighted by atomic mass is 9.45. The third-order valence-electron chi connectivity index (χ3n) is 6.86. The minimum absolute atomic E-state index is 0.00778. The first kappa shape index (κ1) is 20.8. The van der Waals surface area contributed by atoms with Gasteiger partial charge in [-0.05, 0) is 77.3 Å². The summed E-state index contributed by atoms with van der Waals surface area (Å²) in [7, 11) is 1.50. The van der Waals surface area contributed by atoms with Crippen molar-refractivity contribution >= 4 is 34.2 Å². The number of Topliss-reactive ketones (excluding diaryl/α,β-unsaturated/α-hetero) is 2. The van der Waals surface area contributed by atoms with E-state index in [1.54, 1.807) is 26.0 Å². The summed E-state index contributed by atoms with van der Waals surface area (Å²) in [5.74, 6) is 0.0617. The van der Waals surface area contributed by atoms with E-state index in [0.717, 1.165) is 11.1 Å². The van der Waals surface area contributed by atoms with Gasteiger partial charge in [0.05, 0.1) is 16.1 Å². The van der Waals surface area contributed by atoms with Gasteiger partial charge in [-0.2, -0.15) is 0 Å². The Kier molecular flexibility index (Phi) is 5.11. The Bertz CT molecular complexity index is 971. The van der Waals surface area contributed by atoms with Gasteiger partial charge in [0.25, 0.3) is 0 Å². The van der Waals surface area contributed by atoms with Crippen LogP contribution in [0.5, 0.6) is 11.5 Å². The lowest BCUT2D eigenvalue weighted by Crippen LogP contribution is -2.57. The molecule has 1 aromatic rings. The highest BCUT2D eigenvalue weighted by molar-refractivity contribution is 14.1. The Labute approximate surface area is 179 Å². The van der Waals surface area contributed by atoms with Crippen LogP contribution in [0.3, 0.4) is 0 Å². The summed E-state index contributed by atoms with van der Waals surface area (Å²) in [6.07, 6.45) is 4.27. The number of hydrogen-bond donors (Lipinski definition) is 1. The number of allylic oxidation sites excluding steroid dienone is 5. The molecule has 0 unspecified atom stereocenters. The number of carbonyl (C=O) groups excluding carboxylic acids is 2. The molecule has 1 aromatic carbocycles. The maximum absolute atomic E-state index is 13.6. The molecule has 0 radical (unpaired) electrons. The van der Waals surface area contributed by atoms with E-state index < -0.39 is 10.8 Å². The van der Waals surface area contributed by atoms with E-state index in [2.05, 4.69) is 29.2 Å². The molecule has 5 heteroatoms. The van der Waals surface area contributed by atoms with Gasteiger partial charge >= 0.3 is 0 Å². The summed E-state index contributed by atoms with van der Waals surface area (Å²) in [5.41, 5.74) is 1.01. The number of rotatable bonds is 3. The Morgan fingerprint density at radius 1 is 1.21 bits per heavy atom. The molecule has 0 aromatic heterocycles. The first-order valence-corrected chi connectivity index (χ1v) is 10.3. The fourth-order valence-electron chi connectivity index (χ4n) is 4.80. The zero-order valence-electron chi connectivity index (χ0n) is 16.9. The summed E-state index contributed by atoms with van der Waals surface area (Å²) in [6, 6.07) is 3.62. The molecule has 0 saturated heterocycles. The van der Waals surface area contributed by atoms with Crippen LogP contribution in [0.15, 0.2) is 47.6 Å². The second-order valence-electron chi connectivity index (χ2n) is 8.04. The molecule has 0 spiro atoms. The molecule has 0 saturated carbocycles. The molecule has 0 amide bonds. The number of halogens is 1. The van der Waals surface area contributed by atoms with Crippen molar-refractivity contribution in [1.29, 1.82) is 0 Å². The quantitative estimate of drug-likeness (QED) is 0.597. The first-order chi connectivity index (χ1) is 13.0. The molecular formula is C23H25IO4. The molecule has 28 heavy (non-hydrogen) atoms. The van der Waals surface area contributed by atoms with E-state index in [1.165, 1.54) is 7.11 Å². The largest absolute Gasteiger partial charge is 0.504 e.